The Morgan fingerprint density at radius 2 is 1.55 bits per heavy atom. The van der Waals surface area contributed by atoms with Crippen LogP contribution in [0.25, 0.3) is 0 Å². The number of nitrogens with zero attached hydrogens (tertiary/aromatic N) is 3. The van der Waals surface area contributed by atoms with E-state index in [4.69, 9.17) is 0 Å². The average Bonchev–Trinajstić information content (AvgIpc) is 3.13. The largest absolute Gasteiger partial charge is 0.347 e. The molecule has 12 heteroatoms. The normalized spacial score (nSPS) is 18.1. The molecule has 1 aromatic heterocycles. The number of rotatable bonds is 9. The molecule has 4 rings (SSSR count). The van der Waals surface area contributed by atoms with Crippen molar-refractivity contribution >= 4 is 44.8 Å². The van der Waals surface area contributed by atoms with Crippen LogP contribution < -0.4 is 10.6 Å². The summed E-state index contributed by atoms with van der Waals surface area (Å²) in [4.78, 5) is 41.9. The highest BCUT2D eigenvalue weighted by Crippen LogP contribution is 2.30. The second-order valence-electron chi connectivity index (χ2n) is 10.9. The van der Waals surface area contributed by atoms with Gasteiger partial charge >= 0.3 is 0 Å². The van der Waals surface area contributed by atoms with Crippen molar-refractivity contribution in [2.45, 2.75) is 39.2 Å². The van der Waals surface area contributed by atoms with Gasteiger partial charge in [0.1, 0.15) is 4.88 Å². The number of anilines is 1. The lowest BCUT2D eigenvalue weighted by Crippen LogP contribution is -2.57. The third-order valence-corrected chi connectivity index (χ3v) is 10.1. The third-order valence-electron chi connectivity index (χ3n) is 7.73. The number of likely N-dealkylation sites (tertiary alicyclic amines) is 1. The maximum Gasteiger partial charge on any atom is 0.279 e. The summed E-state index contributed by atoms with van der Waals surface area (Å²) in [5.74, 6) is -0.495. The minimum absolute atomic E-state index is 0.0747. The van der Waals surface area contributed by atoms with Gasteiger partial charge in [-0.3, -0.25) is 14.4 Å². The zero-order valence-corrected chi connectivity index (χ0v) is 25.0. The van der Waals surface area contributed by atoms with Crippen molar-refractivity contribution in [3.05, 3.63) is 51.7 Å². The number of carbonyl (C=O) groups is 3. The molecule has 10 nitrogen and oxygen atoms in total. The van der Waals surface area contributed by atoms with E-state index in [1.807, 2.05) is 42.6 Å². The van der Waals surface area contributed by atoms with Crippen molar-refractivity contribution in [3.63, 3.8) is 0 Å². The molecule has 0 unspecified atom stereocenters. The van der Waals surface area contributed by atoms with E-state index in [0.717, 1.165) is 49.9 Å². The van der Waals surface area contributed by atoms with Crippen molar-refractivity contribution < 1.29 is 27.3 Å². The molecule has 2 N–H and O–H groups in total. The van der Waals surface area contributed by atoms with Gasteiger partial charge in [-0.05, 0) is 49.1 Å². The predicted molar refractivity (Wildman–Crippen MR) is 156 cm³/mol. The predicted octanol–water partition coefficient (Wildman–Crippen LogP) is 2.42. The van der Waals surface area contributed by atoms with Crippen LogP contribution in [0.2, 0.25) is 0 Å². The Bertz CT molecular complexity index is 1300. The van der Waals surface area contributed by atoms with Crippen molar-refractivity contribution in [2.75, 3.05) is 63.9 Å². The number of carbonyl (C=O) groups excluding carboxylic acids is 3. The van der Waals surface area contributed by atoms with E-state index in [2.05, 4.69) is 10.6 Å². The van der Waals surface area contributed by atoms with Gasteiger partial charge in [0.05, 0.1) is 25.0 Å². The third kappa shape index (κ3) is 7.90. The SMILES string of the molecule is Cc1csc(C(=O)N2CCN(S(C)(=O)=O)CC2)c1NC(=O)C[N+]1(CC(=O)NCc2ccccc2)CCCCCC1. The van der Waals surface area contributed by atoms with E-state index >= 15 is 0 Å². The number of amides is 3. The van der Waals surface area contributed by atoms with Crippen LogP contribution in [-0.4, -0.2) is 98.4 Å². The Labute approximate surface area is 241 Å². The van der Waals surface area contributed by atoms with E-state index in [1.54, 1.807) is 4.90 Å². The van der Waals surface area contributed by atoms with Gasteiger partial charge in [-0.1, -0.05) is 30.3 Å². The summed E-state index contributed by atoms with van der Waals surface area (Å²) in [6.07, 6.45) is 5.26. The number of sulfonamides is 1. The monoisotopic (exact) mass is 590 g/mol. The molecule has 2 aliphatic heterocycles. The molecule has 2 fully saturated rings. The molecule has 40 heavy (non-hydrogen) atoms. The molecule has 0 atom stereocenters. The van der Waals surface area contributed by atoms with Crippen LogP contribution in [0.15, 0.2) is 35.7 Å². The summed E-state index contributed by atoms with van der Waals surface area (Å²) in [5, 5.41) is 7.87. The molecule has 2 saturated heterocycles. The number of quaternary nitrogens is 1. The highest BCUT2D eigenvalue weighted by atomic mass is 32.2. The Kier molecular flexibility index (Phi) is 9.99. The fourth-order valence-corrected chi connectivity index (χ4v) is 7.29. The van der Waals surface area contributed by atoms with Gasteiger partial charge < -0.3 is 20.0 Å². The number of hydrogen-bond donors (Lipinski definition) is 2. The van der Waals surface area contributed by atoms with Crippen LogP contribution in [0.5, 0.6) is 0 Å². The molecular weight excluding hydrogens is 550 g/mol. The van der Waals surface area contributed by atoms with Crippen LogP contribution in [0.1, 0.15) is 46.5 Å². The van der Waals surface area contributed by atoms with Crippen molar-refractivity contribution in [2.24, 2.45) is 0 Å². The molecule has 3 heterocycles. The fraction of sp³-hybridized carbons (Fsp3) is 0.536. The van der Waals surface area contributed by atoms with E-state index in [0.29, 0.717) is 34.7 Å². The number of thiophene rings is 1. The van der Waals surface area contributed by atoms with E-state index in [-0.39, 0.29) is 43.9 Å². The molecule has 0 saturated carbocycles. The summed E-state index contributed by atoms with van der Waals surface area (Å²) < 4.78 is 25.5. The van der Waals surface area contributed by atoms with Crippen molar-refractivity contribution in [3.8, 4) is 0 Å². The van der Waals surface area contributed by atoms with Crippen LogP contribution in [0, 0.1) is 6.92 Å². The summed E-state index contributed by atoms with van der Waals surface area (Å²) in [6, 6.07) is 9.76. The van der Waals surface area contributed by atoms with Crippen molar-refractivity contribution in [1.29, 1.82) is 0 Å². The lowest BCUT2D eigenvalue weighted by atomic mass is 10.2. The van der Waals surface area contributed by atoms with Crippen molar-refractivity contribution in [1.82, 2.24) is 14.5 Å². The van der Waals surface area contributed by atoms with E-state index < -0.39 is 10.0 Å². The van der Waals surface area contributed by atoms with E-state index in [9.17, 15) is 22.8 Å². The molecule has 3 amide bonds. The highest BCUT2D eigenvalue weighted by molar-refractivity contribution is 7.88. The molecule has 0 bridgehead atoms. The lowest BCUT2D eigenvalue weighted by Gasteiger charge is -2.36. The fourth-order valence-electron chi connectivity index (χ4n) is 5.50. The zero-order chi connectivity index (χ0) is 28.8. The number of aryl methyl sites for hydroxylation is 1. The molecule has 0 radical (unpaired) electrons. The van der Waals surface area contributed by atoms with Crippen LogP contribution in [-0.2, 0) is 26.2 Å². The molecule has 1 aromatic carbocycles. The van der Waals surface area contributed by atoms with Crippen LogP contribution in [0.4, 0.5) is 5.69 Å². The molecule has 0 aliphatic carbocycles. The average molecular weight is 591 g/mol. The molecule has 2 aliphatic rings. The van der Waals surface area contributed by atoms with E-state index in [1.165, 1.54) is 21.9 Å². The zero-order valence-electron chi connectivity index (χ0n) is 23.4. The van der Waals surface area contributed by atoms with Crippen LogP contribution in [0.3, 0.4) is 0 Å². The summed E-state index contributed by atoms with van der Waals surface area (Å²) in [6.45, 7) is 5.32. The Morgan fingerprint density at radius 3 is 2.17 bits per heavy atom. The van der Waals surface area contributed by atoms with Gasteiger partial charge in [0.15, 0.2) is 13.1 Å². The lowest BCUT2D eigenvalue weighted by molar-refractivity contribution is -0.912. The Morgan fingerprint density at radius 1 is 0.925 bits per heavy atom. The van der Waals surface area contributed by atoms with Gasteiger partial charge in [-0.2, -0.15) is 4.31 Å². The second kappa shape index (κ2) is 13.2. The molecule has 0 spiro atoms. The number of piperazine rings is 1. The first kappa shape index (κ1) is 30.2. The first-order chi connectivity index (χ1) is 19.1. The Balaban J connectivity index is 1.41. The molecule has 2 aromatic rings. The maximum atomic E-state index is 13.5. The van der Waals surface area contributed by atoms with Crippen LogP contribution >= 0.6 is 11.3 Å². The topological polar surface area (TPSA) is 116 Å². The summed E-state index contributed by atoms with van der Waals surface area (Å²) in [7, 11) is -3.30. The first-order valence-corrected chi connectivity index (χ1v) is 16.6. The minimum atomic E-state index is -3.30. The van der Waals surface area contributed by atoms with Gasteiger partial charge in [0.2, 0.25) is 10.0 Å². The minimum Gasteiger partial charge on any atom is -0.347 e. The summed E-state index contributed by atoms with van der Waals surface area (Å²) in [5.41, 5.74) is 2.34. The molecule has 218 valence electrons. The van der Waals surface area contributed by atoms with Gasteiger partial charge in [0.25, 0.3) is 17.7 Å². The van der Waals surface area contributed by atoms with Gasteiger partial charge in [0, 0.05) is 32.7 Å². The number of nitrogens with one attached hydrogen (secondary N) is 2. The number of benzene rings is 1. The Hall–Kier alpha value is -2.80. The van der Waals surface area contributed by atoms with Gasteiger partial charge in [-0.25, -0.2) is 8.42 Å². The molecular formula is C28H40N5O5S2+. The summed E-state index contributed by atoms with van der Waals surface area (Å²) >= 11 is 1.28. The maximum absolute atomic E-state index is 13.5. The number of hydrogen-bond acceptors (Lipinski definition) is 6. The standard InChI is InChI=1S/C28H39N5O5S2/c1-22-21-39-27(28(36)31-12-14-32(15-13-31)40(2,37)38)26(22)30-25(35)20-33(16-8-3-4-9-17-33)19-24(34)29-18-23-10-6-5-7-11-23/h5-7,10-11,21H,3-4,8-9,12-20H2,1-2H3,(H-,29,30,34,35,36)/p+1. The quantitative estimate of drug-likeness (QED) is 0.436. The first-order valence-electron chi connectivity index (χ1n) is 13.8. The van der Waals surface area contributed by atoms with Gasteiger partial charge in [-0.15, -0.1) is 11.3 Å². The second-order valence-corrected chi connectivity index (χ2v) is 13.8. The highest BCUT2D eigenvalue weighted by Gasteiger charge is 2.35. The smallest absolute Gasteiger partial charge is 0.279 e.